The molecule has 8 aromatic carbocycles. The molecule has 0 fully saturated rings. The van der Waals surface area contributed by atoms with Crippen LogP contribution in [-0.2, 0) is 0 Å². The maximum Gasteiger partial charge on any atom is 0.172 e. The Bertz CT molecular complexity index is 2180. The molecular formula is C54H46Si2. The summed E-state index contributed by atoms with van der Waals surface area (Å²) in [4.78, 5) is 0. The van der Waals surface area contributed by atoms with E-state index >= 15 is 0 Å². The molecular weight excluding hydrogens is 705 g/mol. The molecule has 0 atom stereocenters. The fourth-order valence-electron chi connectivity index (χ4n) is 8.41. The minimum atomic E-state index is -2.49. The molecule has 0 heterocycles. The fourth-order valence-corrected chi connectivity index (χ4v) is 16.8. The van der Waals surface area contributed by atoms with Crippen molar-refractivity contribution < 1.29 is 0 Å². The Morgan fingerprint density at radius 2 is 0.518 bits per heavy atom. The van der Waals surface area contributed by atoms with Gasteiger partial charge >= 0.3 is 0 Å². The lowest BCUT2D eigenvalue weighted by Crippen LogP contribution is -2.66. The number of benzene rings is 8. The van der Waals surface area contributed by atoms with Crippen LogP contribution in [0.15, 0.2) is 230 Å². The van der Waals surface area contributed by atoms with E-state index in [9.17, 15) is 0 Å². The van der Waals surface area contributed by atoms with Crippen molar-refractivity contribution in [3.63, 3.8) is 0 Å². The van der Waals surface area contributed by atoms with E-state index in [1.807, 2.05) is 0 Å². The van der Waals surface area contributed by atoms with Crippen molar-refractivity contribution in [1.82, 2.24) is 0 Å². The zero-order valence-corrected chi connectivity index (χ0v) is 34.1. The highest BCUT2D eigenvalue weighted by Crippen LogP contribution is 2.29. The first-order chi connectivity index (χ1) is 27.6. The molecule has 56 heavy (non-hydrogen) atoms. The molecule has 270 valence electrons. The first kappa shape index (κ1) is 36.6. The third-order valence-electron chi connectivity index (χ3n) is 11.2. The normalized spacial score (nSPS) is 12.0. The lowest BCUT2D eigenvalue weighted by molar-refractivity contribution is 1.40. The minimum Gasteiger partial charge on any atom is -0.0812 e. The van der Waals surface area contributed by atoms with Crippen LogP contribution >= 0.6 is 0 Å². The lowest BCUT2D eigenvalue weighted by Gasteiger charge is -2.30. The summed E-state index contributed by atoms with van der Waals surface area (Å²) in [6.45, 7) is 4.49. The Morgan fingerprint density at radius 1 is 0.286 bits per heavy atom. The highest BCUT2D eigenvalue weighted by molar-refractivity contribution is 7.15. The van der Waals surface area contributed by atoms with Gasteiger partial charge in [-0.25, -0.2) is 0 Å². The predicted octanol–water partition coefficient (Wildman–Crippen LogP) is 9.42. The lowest BCUT2D eigenvalue weighted by atomic mass is 9.94. The Morgan fingerprint density at radius 3 is 0.732 bits per heavy atom. The molecule has 0 aliphatic rings. The van der Waals surface area contributed by atoms with E-state index in [0.29, 0.717) is 0 Å². The van der Waals surface area contributed by atoms with Crippen LogP contribution in [-0.4, -0.2) is 16.1 Å². The molecule has 0 saturated heterocycles. The quantitative estimate of drug-likeness (QED) is 0.0914. The van der Waals surface area contributed by atoms with Gasteiger partial charge in [-0.2, -0.15) is 0 Å². The predicted molar refractivity (Wildman–Crippen MR) is 247 cm³/mol. The number of hydrogen-bond acceptors (Lipinski definition) is 0. The van der Waals surface area contributed by atoms with E-state index < -0.39 is 16.1 Å². The average molecular weight is 751 g/mol. The van der Waals surface area contributed by atoms with Gasteiger partial charge in [0.1, 0.15) is 0 Å². The van der Waals surface area contributed by atoms with Gasteiger partial charge in [-0.3, -0.25) is 0 Å². The van der Waals surface area contributed by atoms with Gasteiger partial charge in [-0.15, -0.1) is 0 Å². The fraction of sp³-hybridized carbons (Fsp3) is 0.0370. The standard InChI is InChI=1S/C54H46Si2/c1-43-41-45(37-39-55(47-21-9-3-10-22-47,48-23-11-4-12-24-48)49-25-13-5-14-26-49)33-35-53(43)54-36-34-46(42-44(54)2)38-40-56(50-27-15-6-16-28-50,51-29-17-7-18-30-51)52-31-19-8-20-32-52/h3-42H,1-2H3. The summed E-state index contributed by atoms with van der Waals surface area (Å²) < 4.78 is 0. The Balaban J connectivity index is 1.14. The van der Waals surface area contributed by atoms with Crippen molar-refractivity contribution in [2.24, 2.45) is 0 Å². The number of rotatable bonds is 11. The van der Waals surface area contributed by atoms with Gasteiger partial charge in [0, 0.05) is 0 Å². The zero-order chi connectivity index (χ0) is 38.2. The van der Waals surface area contributed by atoms with E-state index in [-0.39, 0.29) is 0 Å². The van der Waals surface area contributed by atoms with Gasteiger partial charge < -0.3 is 0 Å². The molecule has 0 nitrogen and oxygen atoms in total. The second-order valence-electron chi connectivity index (χ2n) is 14.6. The van der Waals surface area contributed by atoms with Crippen LogP contribution < -0.4 is 31.1 Å². The summed E-state index contributed by atoms with van der Waals surface area (Å²) in [6.07, 6.45) is 4.72. The van der Waals surface area contributed by atoms with Crippen LogP contribution in [0.1, 0.15) is 22.3 Å². The average Bonchev–Trinajstić information content (AvgIpc) is 3.27. The molecule has 8 aromatic rings. The second-order valence-corrected chi connectivity index (χ2v) is 22.0. The Labute approximate surface area is 334 Å². The van der Waals surface area contributed by atoms with E-state index in [1.165, 1.54) is 64.5 Å². The third kappa shape index (κ3) is 7.25. The molecule has 2 heteroatoms. The van der Waals surface area contributed by atoms with Crippen LogP contribution in [0.4, 0.5) is 0 Å². The number of hydrogen-bond donors (Lipinski definition) is 0. The summed E-state index contributed by atoms with van der Waals surface area (Å²) in [6, 6.07) is 80.3. The molecule has 0 aliphatic heterocycles. The van der Waals surface area contributed by atoms with Gasteiger partial charge in [-0.05, 0) is 78.3 Å². The summed E-state index contributed by atoms with van der Waals surface area (Å²) >= 11 is 0. The molecule has 0 amide bonds. The van der Waals surface area contributed by atoms with Gasteiger partial charge in [0.05, 0.1) is 0 Å². The largest absolute Gasteiger partial charge is 0.172 e. The minimum absolute atomic E-state index is 1.21. The van der Waals surface area contributed by atoms with Crippen LogP contribution in [0.5, 0.6) is 0 Å². The Kier molecular flexibility index (Phi) is 10.9. The van der Waals surface area contributed by atoms with Gasteiger partial charge in [-0.1, -0.05) is 242 Å². The van der Waals surface area contributed by atoms with Crippen molar-refractivity contribution in [2.45, 2.75) is 13.8 Å². The van der Waals surface area contributed by atoms with Gasteiger partial charge in [0.25, 0.3) is 0 Å². The van der Waals surface area contributed by atoms with Crippen LogP contribution in [0.25, 0.3) is 23.3 Å². The van der Waals surface area contributed by atoms with E-state index in [2.05, 4.69) is 256 Å². The highest BCUT2D eigenvalue weighted by Gasteiger charge is 2.38. The molecule has 0 radical (unpaired) electrons. The van der Waals surface area contributed by atoms with Crippen LogP contribution in [0, 0.1) is 13.8 Å². The summed E-state index contributed by atoms with van der Waals surface area (Å²) in [5.41, 5.74) is 12.6. The molecule has 0 bridgehead atoms. The SMILES string of the molecule is Cc1cc(C=C[Si](c2ccccc2)(c2ccccc2)c2ccccc2)ccc1-c1ccc(C=C[Si](c2ccccc2)(c2ccccc2)c2ccccc2)cc1C. The maximum absolute atomic E-state index is 2.53. The van der Waals surface area contributed by atoms with Crippen molar-refractivity contribution in [3.8, 4) is 11.1 Å². The van der Waals surface area contributed by atoms with Crippen LogP contribution in [0.2, 0.25) is 0 Å². The summed E-state index contributed by atoms with van der Waals surface area (Å²) in [5, 5.41) is 8.27. The van der Waals surface area contributed by atoms with Crippen LogP contribution in [0.3, 0.4) is 0 Å². The molecule has 0 unspecified atom stereocenters. The van der Waals surface area contributed by atoms with Gasteiger partial charge in [0.2, 0.25) is 0 Å². The third-order valence-corrected chi connectivity index (χ3v) is 20.0. The summed E-state index contributed by atoms with van der Waals surface area (Å²) in [5.74, 6) is 0. The zero-order valence-electron chi connectivity index (χ0n) is 32.1. The summed E-state index contributed by atoms with van der Waals surface area (Å²) in [7, 11) is -4.98. The topological polar surface area (TPSA) is 0 Å². The van der Waals surface area contributed by atoms with Crippen molar-refractivity contribution in [2.75, 3.05) is 0 Å². The van der Waals surface area contributed by atoms with Crippen molar-refractivity contribution >= 4 is 59.4 Å². The first-order valence-corrected chi connectivity index (χ1v) is 23.7. The van der Waals surface area contributed by atoms with Crippen molar-refractivity contribution in [3.05, 3.63) is 252 Å². The molecule has 0 N–H and O–H groups in total. The van der Waals surface area contributed by atoms with E-state index in [4.69, 9.17) is 0 Å². The first-order valence-electron chi connectivity index (χ1n) is 19.5. The molecule has 0 saturated carbocycles. The number of aryl methyl sites for hydroxylation is 2. The van der Waals surface area contributed by atoms with Gasteiger partial charge in [0.15, 0.2) is 16.1 Å². The second kappa shape index (κ2) is 16.6. The highest BCUT2D eigenvalue weighted by atomic mass is 28.3. The van der Waals surface area contributed by atoms with E-state index in [0.717, 1.165) is 0 Å². The smallest absolute Gasteiger partial charge is 0.0812 e. The Hall–Kier alpha value is -6.33. The molecule has 0 aliphatic carbocycles. The molecule has 8 rings (SSSR count). The monoisotopic (exact) mass is 750 g/mol. The molecule has 0 spiro atoms. The maximum atomic E-state index is 2.53. The van der Waals surface area contributed by atoms with Crippen molar-refractivity contribution in [1.29, 1.82) is 0 Å². The van der Waals surface area contributed by atoms with E-state index in [1.54, 1.807) is 0 Å². The molecule has 0 aromatic heterocycles.